The highest BCUT2D eigenvalue weighted by Gasteiger charge is 2.13. The van der Waals surface area contributed by atoms with Crippen LogP contribution in [0.25, 0.3) is 0 Å². The molecule has 1 amide bonds. The molecule has 1 atom stereocenters. The molecular weight excluding hydrogens is 346 g/mol. The van der Waals surface area contributed by atoms with E-state index in [0.717, 1.165) is 22.5 Å². The molecule has 0 fully saturated rings. The number of carbonyl (C=O) groups excluding carboxylic acids is 1. The summed E-state index contributed by atoms with van der Waals surface area (Å²) in [5.74, 6) is -0.215. The molecule has 26 heavy (non-hydrogen) atoms. The normalized spacial score (nSPS) is 11.7. The Bertz CT molecular complexity index is 912. The molecule has 1 unspecified atom stereocenters. The van der Waals surface area contributed by atoms with Crippen LogP contribution in [0.2, 0.25) is 5.02 Å². The van der Waals surface area contributed by atoms with E-state index in [1.54, 1.807) is 12.3 Å². The lowest BCUT2D eigenvalue weighted by Crippen LogP contribution is -2.27. The molecule has 5 heteroatoms. The maximum absolute atomic E-state index is 12.5. The zero-order valence-corrected chi connectivity index (χ0v) is 15.4. The summed E-state index contributed by atoms with van der Waals surface area (Å²) in [5, 5.41) is 6.92. The summed E-state index contributed by atoms with van der Waals surface area (Å²) in [6.45, 7) is 3.94. The highest BCUT2D eigenvalue weighted by atomic mass is 35.5. The van der Waals surface area contributed by atoms with E-state index in [9.17, 15) is 4.79 Å². The Kier molecular flexibility index (Phi) is 5.54. The molecule has 0 aliphatic heterocycles. The Morgan fingerprint density at radius 1 is 1.08 bits per heavy atom. The van der Waals surface area contributed by atoms with Crippen LogP contribution in [0.1, 0.15) is 34.6 Å². The van der Waals surface area contributed by atoms with Crippen LogP contribution in [0.15, 0.2) is 66.9 Å². The van der Waals surface area contributed by atoms with Crippen molar-refractivity contribution in [2.75, 3.05) is 5.32 Å². The third-order valence-corrected chi connectivity index (χ3v) is 4.35. The van der Waals surface area contributed by atoms with Crippen molar-refractivity contribution < 1.29 is 4.79 Å². The predicted octanol–water partition coefficient (Wildman–Crippen LogP) is 5.28. The largest absolute Gasteiger partial charge is 0.355 e. The second-order valence-corrected chi connectivity index (χ2v) is 6.56. The fourth-order valence-corrected chi connectivity index (χ4v) is 2.78. The van der Waals surface area contributed by atoms with Gasteiger partial charge in [0.1, 0.15) is 5.69 Å². The van der Waals surface area contributed by atoms with Crippen LogP contribution < -0.4 is 10.6 Å². The molecule has 0 saturated carbocycles. The molecule has 4 nitrogen and oxygen atoms in total. The maximum Gasteiger partial charge on any atom is 0.270 e. The first-order valence-corrected chi connectivity index (χ1v) is 8.76. The molecule has 132 valence electrons. The fraction of sp³-hybridized carbons (Fsp3) is 0.143. The van der Waals surface area contributed by atoms with Crippen molar-refractivity contribution >= 4 is 28.9 Å². The van der Waals surface area contributed by atoms with Gasteiger partial charge in [0.2, 0.25) is 0 Å². The van der Waals surface area contributed by atoms with E-state index in [0.29, 0.717) is 10.7 Å². The first kappa shape index (κ1) is 18.0. The number of benzene rings is 2. The van der Waals surface area contributed by atoms with Crippen molar-refractivity contribution in [3.8, 4) is 0 Å². The zero-order chi connectivity index (χ0) is 18.5. The number of hydrogen-bond donors (Lipinski definition) is 2. The van der Waals surface area contributed by atoms with Crippen LogP contribution in [0.4, 0.5) is 11.4 Å². The number of rotatable bonds is 5. The number of aryl methyl sites for hydroxylation is 1. The minimum Gasteiger partial charge on any atom is -0.355 e. The molecule has 1 heterocycles. The van der Waals surface area contributed by atoms with Crippen LogP contribution in [-0.4, -0.2) is 10.9 Å². The van der Waals surface area contributed by atoms with Gasteiger partial charge in [-0.05, 0) is 49.2 Å². The highest BCUT2D eigenvalue weighted by molar-refractivity contribution is 6.30. The average Bonchev–Trinajstić information content (AvgIpc) is 2.65. The van der Waals surface area contributed by atoms with Crippen molar-refractivity contribution in [2.24, 2.45) is 0 Å². The quantitative estimate of drug-likeness (QED) is 0.646. The van der Waals surface area contributed by atoms with E-state index >= 15 is 0 Å². The maximum atomic E-state index is 12.5. The number of hydrogen-bond acceptors (Lipinski definition) is 3. The van der Waals surface area contributed by atoms with Gasteiger partial charge in [0, 0.05) is 22.6 Å². The summed E-state index contributed by atoms with van der Waals surface area (Å²) in [4.78, 5) is 16.7. The van der Waals surface area contributed by atoms with E-state index in [4.69, 9.17) is 11.6 Å². The third-order valence-electron chi connectivity index (χ3n) is 4.12. The number of amides is 1. The van der Waals surface area contributed by atoms with Gasteiger partial charge in [-0.25, -0.2) is 0 Å². The Labute approximate surface area is 158 Å². The molecule has 2 aromatic carbocycles. The van der Waals surface area contributed by atoms with Crippen molar-refractivity contribution in [1.82, 2.24) is 10.3 Å². The highest BCUT2D eigenvalue weighted by Crippen LogP contribution is 2.24. The van der Waals surface area contributed by atoms with Crippen molar-refractivity contribution in [3.05, 3.63) is 88.7 Å². The summed E-state index contributed by atoms with van der Waals surface area (Å²) < 4.78 is 0. The first-order chi connectivity index (χ1) is 12.5. The van der Waals surface area contributed by atoms with E-state index in [1.165, 1.54) is 0 Å². The van der Waals surface area contributed by atoms with Crippen LogP contribution in [0.5, 0.6) is 0 Å². The zero-order valence-electron chi connectivity index (χ0n) is 14.7. The number of nitrogens with one attached hydrogen (secondary N) is 2. The van der Waals surface area contributed by atoms with E-state index < -0.39 is 0 Å². The number of halogens is 1. The Morgan fingerprint density at radius 2 is 1.85 bits per heavy atom. The van der Waals surface area contributed by atoms with E-state index in [-0.39, 0.29) is 11.9 Å². The first-order valence-electron chi connectivity index (χ1n) is 8.38. The van der Waals surface area contributed by atoms with Gasteiger partial charge in [0.05, 0.1) is 6.04 Å². The lowest BCUT2D eigenvalue weighted by Gasteiger charge is -2.15. The van der Waals surface area contributed by atoms with Crippen LogP contribution >= 0.6 is 11.6 Å². The molecule has 3 aromatic rings. The lowest BCUT2D eigenvalue weighted by atomic mass is 10.1. The summed E-state index contributed by atoms with van der Waals surface area (Å²) in [6, 6.07) is 18.9. The molecule has 2 N–H and O–H groups in total. The number of aromatic nitrogens is 1. The Hall–Kier alpha value is -2.85. The van der Waals surface area contributed by atoms with Gasteiger partial charge in [0.15, 0.2) is 0 Å². The van der Waals surface area contributed by atoms with Gasteiger partial charge in [-0.2, -0.15) is 0 Å². The molecule has 0 radical (unpaired) electrons. The fourth-order valence-electron chi connectivity index (χ4n) is 2.61. The van der Waals surface area contributed by atoms with Crippen LogP contribution in [0.3, 0.4) is 0 Å². The number of pyridine rings is 1. The SMILES string of the molecule is Cc1ccc(Cl)cc1Nc1ccnc(C(=O)NC(C)c2ccccc2)c1. The lowest BCUT2D eigenvalue weighted by molar-refractivity contribution is 0.0935. The van der Waals surface area contributed by atoms with Gasteiger partial charge in [-0.3, -0.25) is 9.78 Å². The summed E-state index contributed by atoms with van der Waals surface area (Å²) in [6.07, 6.45) is 1.62. The average molecular weight is 366 g/mol. The van der Waals surface area contributed by atoms with Gasteiger partial charge >= 0.3 is 0 Å². The second-order valence-electron chi connectivity index (χ2n) is 6.12. The molecule has 0 bridgehead atoms. The number of anilines is 2. The topological polar surface area (TPSA) is 54.0 Å². The van der Waals surface area contributed by atoms with Crippen LogP contribution in [0, 0.1) is 6.92 Å². The minimum atomic E-state index is -0.215. The molecule has 3 rings (SSSR count). The minimum absolute atomic E-state index is 0.0997. The number of nitrogens with zero attached hydrogens (tertiary/aromatic N) is 1. The third kappa shape index (κ3) is 4.41. The van der Waals surface area contributed by atoms with Gasteiger partial charge in [-0.15, -0.1) is 0 Å². The molecular formula is C21H20ClN3O. The van der Waals surface area contributed by atoms with Gasteiger partial charge in [0.25, 0.3) is 5.91 Å². The monoisotopic (exact) mass is 365 g/mol. The molecule has 1 aromatic heterocycles. The van der Waals surface area contributed by atoms with Gasteiger partial charge in [-0.1, -0.05) is 48.0 Å². The summed E-state index contributed by atoms with van der Waals surface area (Å²) >= 11 is 6.06. The standard InChI is InChI=1S/C21H20ClN3O/c1-14-8-9-17(22)12-19(14)25-18-10-11-23-20(13-18)21(26)24-15(2)16-6-4-3-5-7-16/h3-13,15H,1-2H3,(H,23,25)(H,24,26). The van der Waals surface area contributed by atoms with E-state index in [2.05, 4.69) is 15.6 Å². The van der Waals surface area contributed by atoms with Crippen molar-refractivity contribution in [2.45, 2.75) is 19.9 Å². The molecule has 0 saturated heterocycles. The van der Waals surface area contributed by atoms with E-state index in [1.807, 2.05) is 68.4 Å². The Balaban J connectivity index is 1.74. The second kappa shape index (κ2) is 8.02. The molecule has 0 aliphatic carbocycles. The van der Waals surface area contributed by atoms with Crippen molar-refractivity contribution in [3.63, 3.8) is 0 Å². The van der Waals surface area contributed by atoms with Crippen LogP contribution in [-0.2, 0) is 0 Å². The molecule has 0 spiro atoms. The smallest absolute Gasteiger partial charge is 0.270 e. The summed E-state index contributed by atoms with van der Waals surface area (Å²) in [7, 11) is 0. The Morgan fingerprint density at radius 3 is 2.62 bits per heavy atom. The van der Waals surface area contributed by atoms with Gasteiger partial charge < -0.3 is 10.6 Å². The summed E-state index contributed by atoms with van der Waals surface area (Å²) in [5.41, 5.74) is 4.15. The molecule has 0 aliphatic rings. The number of carbonyl (C=O) groups is 1. The van der Waals surface area contributed by atoms with Crippen molar-refractivity contribution in [1.29, 1.82) is 0 Å². The predicted molar refractivity (Wildman–Crippen MR) is 106 cm³/mol.